The van der Waals surface area contributed by atoms with Crippen LogP contribution in [0.5, 0.6) is 0 Å². The summed E-state index contributed by atoms with van der Waals surface area (Å²) in [4.78, 5) is 27.4. The average molecular weight is 296 g/mol. The molecule has 2 rings (SSSR count). The maximum absolute atomic E-state index is 13.0. The molecule has 0 aromatic rings. The van der Waals surface area contributed by atoms with Crippen LogP contribution in [0.15, 0.2) is 0 Å². The molecule has 21 heavy (non-hydrogen) atoms. The molecule has 1 saturated carbocycles. The summed E-state index contributed by atoms with van der Waals surface area (Å²) < 4.78 is 5.09. The summed E-state index contributed by atoms with van der Waals surface area (Å²) >= 11 is 0. The monoisotopic (exact) mass is 296 g/mol. The van der Waals surface area contributed by atoms with E-state index in [9.17, 15) is 9.59 Å². The Morgan fingerprint density at radius 2 is 1.95 bits per heavy atom. The Bertz CT molecular complexity index is 389. The molecule has 2 amide bonds. The van der Waals surface area contributed by atoms with Crippen LogP contribution >= 0.6 is 0 Å². The van der Waals surface area contributed by atoms with E-state index in [4.69, 9.17) is 4.74 Å². The van der Waals surface area contributed by atoms with Gasteiger partial charge < -0.3 is 15.0 Å². The minimum atomic E-state index is -0.631. The zero-order valence-electron chi connectivity index (χ0n) is 13.5. The number of nitrogens with one attached hydrogen (secondary N) is 1. The lowest BCUT2D eigenvalue weighted by Crippen LogP contribution is -2.71. The number of hydrogen-bond donors (Lipinski definition) is 1. The van der Waals surface area contributed by atoms with E-state index in [0.717, 1.165) is 38.5 Å². The molecule has 0 aromatic heterocycles. The molecular formula is C16H28N2O3. The summed E-state index contributed by atoms with van der Waals surface area (Å²) in [6.07, 6.45) is 5.53. The molecule has 1 heterocycles. The molecule has 0 radical (unpaired) electrons. The van der Waals surface area contributed by atoms with Gasteiger partial charge in [-0.2, -0.15) is 0 Å². The highest BCUT2D eigenvalue weighted by molar-refractivity contribution is 6.00. The van der Waals surface area contributed by atoms with E-state index in [-0.39, 0.29) is 23.8 Å². The second-order valence-corrected chi connectivity index (χ2v) is 6.67. The van der Waals surface area contributed by atoms with Crippen LogP contribution in [-0.2, 0) is 14.3 Å². The van der Waals surface area contributed by atoms with Crippen LogP contribution < -0.4 is 5.32 Å². The Labute approximate surface area is 127 Å². The lowest BCUT2D eigenvalue weighted by atomic mass is 9.77. The number of nitrogens with zero attached hydrogens (tertiary/aromatic N) is 1. The zero-order chi connectivity index (χ0) is 15.5. The van der Waals surface area contributed by atoms with Gasteiger partial charge in [-0.15, -0.1) is 0 Å². The van der Waals surface area contributed by atoms with Crippen LogP contribution in [0.1, 0.15) is 52.4 Å². The van der Waals surface area contributed by atoms with Crippen LogP contribution in [0.25, 0.3) is 0 Å². The molecule has 1 saturated heterocycles. The molecule has 0 bridgehead atoms. The first-order valence-corrected chi connectivity index (χ1v) is 8.14. The van der Waals surface area contributed by atoms with Crippen molar-refractivity contribution in [3.05, 3.63) is 0 Å². The van der Waals surface area contributed by atoms with Crippen LogP contribution in [0.3, 0.4) is 0 Å². The number of carbonyl (C=O) groups excluding carboxylic acids is 2. The highest BCUT2D eigenvalue weighted by Crippen LogP contribution is 2.34. The van der Waals surface area contributed by atoms with Gasteiger partial charge in [0.2, 0.25) is 11.8 Å². The maximum atomic E-state index is 13.0. The van der Waals surface area contributed by atoms with Gasteiger partial charge >= 0.3 is 0 Å². The molecule has 1 atom stereocenters. The first-order chi connectivity index (χ1) is 10.0. The van der Waals surface area contributed by atoms with Crippen molar-refractivity contribution in [3.8, 4) is 0 Å². The number of amides is 2. The minimum absolute atomic E-state index is 0.0175. The van der Waals surface area contributed by atoms with E-state index < -0.39 is 5.54 Å². The van der Waals surface area contributed by atoms with Crippen molar-refractivity contribution < 1.29 is 14.3 Å². The third-order valence-electron chi connectivity index (χ3n) is 4.72. The van der Waals surface area contributed by atoms with Crippen molar-refractivity contribution >= 4 is 11.8 Å². The molecule has 1 spiro atoms. The van der Waals surface area contributed by atoms with Gasteiger partial charge in [0.05, 0.1) is 0 Å². The molecule has 120 valence electrons. The number of methoxy groups -OCH3 is 1. The molecule has 1 N–H and O–H groups in total. The maximum Gasteiger partial charge on any atom is 0.249 e. The normalized spacial score (nSPS) is 25.5. The van der Waals surface area contributed by atoms with Gasteiger partial charge in [0, 0.05) is 20.3 Å². The van der Waals surface area contributed by atoms with E-state index in [1.54, 1.807) is 7.11 Å². The predicted octanol–water partition coefficient (Wildman–Crippen LogP) is 1.71. The number of piperazine rings is 1. The highest BCUT2D eigenvalue weighted by Gasteiger charge is 2.51. The van der Waals surface area contributed by atoms with Gasteiger partial charge in [-0.3, -0.25) is 9.59 Å². The van der Waals surface area contributed by atoms with Gasteiger partial charge in [-0.25, -0.2) is 0 Å². The van der Waals surface area contributed by atoms with Gasteiger partial charge in [-0.05, 0) is 25.2 Å². The Balaban J connectivity index is 2.20. The Morgan fingerprint density at radius 3 is 2.52 bits per heavy atom. The van der Waals surface area contributed by atoms with E-state index in [2.05, 4.69) is 5.32 Å². The summed E-state index contributed by atoms with van der Waals surface area (Å²) in [7, 11) is 1.66. The van der Waals surface area contributed by atoms with Gasteiger partial charge in [0.25, 0.3) is 0 Å². The Kier molecular flexibility index (Phi) is 5.25. The highest BCUT2D eigenvalue weighted by atomic mass is 16.5. The zero-order valence-corrected chi connectivity index (χ0v) is 13.5. The molecule has 0 aromatic carbocycles. The quantitative estimate of drug-likeness (QED) is 0.786. The van der Waals surface area contributed by atoms with Crippen LogP contribution in [0, 0.1) is 5.92 Å². The third-order valence-corrected chi connectivity index (χ3v) is 4.72. The van der Waals surface area contributed by atoms with Crippen molar-refractivity contribution in [2.45, 2.75) is 64.0 Å². The SMILES string of the molecule is COCCCN1C(=O)C2(CCCCC2)NC(=O)C1C(C)C. The van der Waals surface area contributed by atoms with Crippen LogP contribution in [0.4, 0.5) is 0 Å². The molecule has 1 aliphatic carbocycles. The van der Waals surface area contributed by atoms with Crippen molar-refractivity contribution in [1.82, 2.24) is 10.2 Å². The summed E-state index contributed by atoms with van der Waals surface area (Å²) in [5.41, 5.74) is -0.631. The molecule has 2 aliphatic rings. The van der Waals surface area contributed by atoms with Crippen molar-refractivity contribution in [2.24, 2.45) is 5.92 Å². The first-order valence-electron chi connectivity index (χ1n) is 8.14. The largest absolute Gasteiger partial charge is 0.385 e. The second-order valence-electron chi connectivity index (χ2n) is 6.67. The second kappa shape index (κ2) is 6.77. The molecule has 5 heteroatoms. The molecule has 1 unspecified atom stereocenters. The lowest BCUT2D eigenvalue weighted by molar-refractivity contribution is -0.158. The lowest BCUT2D eigenvalue weighted by Gasteiger charge is -2.48. The van der Waals surface area contributed by atoms with Gasteiger partial charge in [0.1, 0.15) is 11.6 Å². The van der Waals surface area contributed by atoms with E-state index in [1.165, 1.54) is 0 Å². The minimum Gasteiger partial charge on any atom is -0.385 e. The summed E-state index contributed by atoms with van der Waals surface area (Å²) in [6.45, 7) is 5.22. The van der Waals surface area contributed by atoms with Gasteiger partial charge in [-0.1, -0.05) is 33.1 Å². The number of carbonyl (C=O) groups is 2. The summed E-state index contributed by atoms with van der Waals surface area (Å²) in [6, 6.07) is -0.345. The third kappa shape index (κ3) is 3.23. The smallest absolute Gasteiger partial charge is 0.249 e. The first kappa shape index (κ1) is 16.3. The molecule has 1 aliphatic heterocycles. The van der Waals surface area contributed by atoms with Crippen LogP contribution in [-0.4, -0.2) is 48.6 Å². The molecule has 2 fully saturated rings. The van der Waals surface area contributed by atoms with Crippen molar-refractivity contribution in [1.29, 1.82) is 0 Å². The predicted molar refractivity (Wildman–Crippen MR) is 80.8 cm³/mol. The van der Waals surface area contributed by atoms with Crippen molar-refractivity contribution in [2.75, 3.05) is 20.3 Å². The fourth-order valence-corrected chi connectivity index (χ4v) is 3.68. The topological polar surface area (TPSA) is 58.6 Å². The molecular weight excluding hydrogens is 268 g/mol. The Morgan fingerprint density at radius 1 is 1.29 bits per heavy atom. The van der Waals surface area contributed by atoms with Crippen LogP contribution in [0.2, 0.25) is 0 Å². The van der Waals surface area contributed by atoms with E-state index in [0.29, 0.717) is 13.2 Å². The standard InChI is InChI=1S/C16H28N2O3/c1-12(2)13-14(19)17-16(8-5-4-6-9-16)15(20)18(13)10-7-11-21-3/h12-13H,4-11H2,1-3H3,(H,17,19). The van der Waals surface area contributed by atoms with E-state index >= 15 is 0 Å². The molecule has 5 nitrogen and oxygen atoms in total. The summed E-state index contributed by atoms with van der Waals surface area (Å²) in [5, 5.41) is 3.07. The Hall–Kier alpha value is -1.10. The van der Waals surface area contributed by atoms with E-state index in [1.807, 2.05) is 18.7 Å². The fourth-order valence-electron chi connectivity index (χ4n) is 3.68. The number of ether oxygens (including phenoxy) is 1. The fraction of sp³-hybridized carbons (Fsp3) is 0.875. The summed E-state index contributed by atoms with van der Waals surface area (Å²) in [5.74, 6) is 0.262. The number of rotatable bonds is 5. The van der Waals surface area contributed by atoms with Gasteiger partial charge in [0.15, 0.2) is 0 Å². The number of hydrogen-bond acceptors (Lipinski definition) is 3. The van der Waals surface area contributed by atoms with Crippen molar-refractivity contribution in [3.63, 3.8) is 0 Å². The average Bonchev–Trinajstić information content (AvgIpc) is 2.45.